The molecular weight excluding hydrogens is 264 g/mol. The van der Waals surface area contributed by atoms with Crippen LogP contribution < -0.4 is 5.73 Å². The fourth-order valence-corrected chi connectivity index (χ4v) is 2.83. The van der Waals surface area contributed by atoms with Crippen molar-refractivity contribution in [2.75, 3.05) is 0 Å². The third kappa shape index (κ3) is 3.78. The van der Waals surface area contributed by atoms with Crippen molar-refractivity contribution in [2.45, 2.75) is 29.2 Å². The van der Waals surface area contributed by atoms with Gasteiger partial charge in [-0.05, 0) is 43.2 Å². The van der Waals surface area contributed by atoms with Gasteiger partial charge >= 0.3 is 0 Å². The van der Waals surface area contributed by atoms with Crippen LogP contribution in [0.1, 0.15) is 12.5 Å². The SMILES string of the molecule is CC(N)Cc1cccc(F)c1Sc1cccc(F)c1. The first-order chi connectivity index (χ1) is 9.06. The molecule has 0 saturated carbocycles. The third-order valence-electron chi connectivity index (χ3n) is 2.61. The summed E-state index contributed by atoms with van der Waals surface area (Å²) >= 11 is 1.23. The van der Waals surface area contributed by atoms with Gasteiger partial charge in [-0.15, -0.1) is 0 Å². The normalized spacial score (nSPS) is 12.4. The summed E-state index contributed by atoms with van der Waals surface area (Å²) in [4.78, 5) is 1.20. The van der Waals surface area contributed by atoms with Crippen molar-refractivity contribution in [2.24, 2.45) is 5.73 Å². The molecule has 0 aliphatic carbocycles. The molecule has 19 heavy (non-hydrogen) atoms. The third-order valence-corrected chi connectivity index (χ3v) is 3.76. The molecule has 0 amide bonds. The Bertz CT molecular complexity index is 570. The summed E-state index contributed by atoms with van der Waals surface area (Å²) in [5.74, 6) is -0.623. The molecule has 0 bridgehead atoms. The molecule has 0 saturated heterocycles. The lowest BCUT2D eigenvalue weighted by atomic mass is 10.1. The second-order valence-corrected chi connectivity index (χ2v) is 5.55. The van der Waals surface area contributed by atoms with Gasteiger partial charge in [0, 0.05) is 10.9 Å². The van der Waals surface area contributed by atoms with Crippen LogP contribution in [0.2, 0.25) is 0 Å². The minimum atomic E-state index is -0.324. The van der Waals surface area contributed by atoms with Gasteiger partial charge in [-0.2, -0.15) is 0 Å². The molecule has 2 N–H and O–H groups in total. The molecule has 0 aliphatic rings. The molecule has 0 spiro atoms. The molecule has 1 atom stereocenters. The summed E-state index contributed by atoms with van der Waals surface area (Å²) in [5.41, 5.74) is 6.62. The first-order valence-corrected chi connectivity index (χ1v) is 6.84. The monoisotopic (exact) mass is 279 g/mol. The summed E-state index contributed by atoms with van der Waals surface area (Å²) in [6.07, 6.45) is 0.593. The van der Waals surface area contributed by atoms with E-state index >= 15 is 0 Å². The number of benzene rings is 2. The van der Waals surface area contributed by atoms with Crippen LogP contribution in [-0.2, 0) is 6.42 Å². The van der Waals surface area contributed by atoms with Gasteiger partial charge in [0.1, 0.15) is 11.6 Å². The number of hydrogen-bond acceptors (Lipinski definition) is 2. The van der Waals surface area contributed by atoms with Crippen LogP contribution in [0.5, 0.6) is 0 Å². The number of nitrogens with two attached hydrogens (primary N) is 1. The summed E-state index contributed by atoms with van der Waals surface area (Å²) in [6, 6.07) is 11.0. The Morgan fingerprint density at radius 2 is 1.89 bits per heavy atom. The first-order valence-electron chi connectivity index (χ1n) is 6.02. The fraction of sp³-hybridized carbons (Fsp3) is 0.200. The van der Waals surface area contributed by atoms with Crippen molar-refractivity contribution in [3.63, 3.8) is 0 Å². The summed E-state index contributed by atoms with van der Waals surface area (Å²) in [5, 5.41) is 0. The van der Waals surface area contributed by atoms with E-state index in [2.05, 4.69) is 0 Å². The Balaban J connectivity index is 2.33. The van der Waals surface area contributed by atoms with Crippen LogP contribution in [0.4, 0.5) is 8.78 Å². The summed E-state index contributed by atoms with van der Waals surface area (Å²) in [6.45, 7) is 1.88. The van der Waals surface area contributed by atoms with E-state index in [-0.39, 0.29) is 17.7 Å². The second-order valence-electron chi connectivity index (χ2n) is 4.47. The Hall–Kier alpha value is -1.39. The van der Waals surface area contributed by atoms with Crippen LogP contribution in [0.3, 0.4) is 0 Å². The van der Waals surface area contributed by atoms with Crippen LogP contribution in [0, 0.1) is 11.6 Å². The average molecular weight is 279 g/mol. The quantitative estimate of drug-likeness (QED) is 0.915. The molecule has 0 aliphatic heterocycles. The predicted octanol–water partition coefficient (Wildman–Crippen LogP) is 4.01. The van der Waals surface area contributed by atoms with Crippen molar-refractivity contribution in [3.05, 3.63) is 59.7 Å². The van der Waals surface area contributed by atoms with Crippen molar-refractivity contribution in [1.82, 2.24) is 0 Å². The highest BCUT2D eigenvalue weighted by molar-refractivity contribution is 7.99. The molecule has 0 radical (unpaired) electrons. The minimum absolute atomic E-state index is 0.0475. The lowest BCUT2D eigenvalue weighted by Crippen LogP contribution is -2.18. The minimum Gasteiger partial charge on any atom is -0.328 e. The van der Waals surface area contributed by atoms with E-state index in [4.69, 9.17) is 5.73 Å². The van der Waals surface area contributed by atoms with Gasteiger partial charge in [0.25, 0.3) is 0 Å². The molecular formula is C15H15F2NS. The zero-order valence-electron chi connectivity index (χ0n) is 10.6. The van der Waals surface area contributed by atoms with E-state index < -0.39 is 0 Å². The molecule has 1 unspecified atom stereocenters. The van der Waals surface area contributed by atoms with Gasteiger partial charge in [0.15, 0.2) is 0 Å². The molecule has 1 nitrogen and oxygen atoms in total. The average Bonchev–Trinajstić information content (AvgIpc) is 2.33. The largest absolute Gasteiger partial charge is 0.328 e. The zero-order chi connectivity index (χ0) is 13.8. The van der Waals surface area contributed by atoms with Gasteiger partial charge in [0.2, 0.25) is 0 Å². The van der Waals surface area contributed by atoms with Gasteiger partial charge in [-0.1, -0.05) is 30.0 Å². The molecule has 2 aromatic rings. The standard InChI is InChI=1S/C15H15F2NS/c1-10(18)8-11-4-2-7-14(17)15(11)19-13-6-3-5-12(16)9-13/h2-7,9-10H,8,18H2,1H3. The Morgan fingerprint density at radius 1 is 1.16 bits per heavy atom. The maximum absolute atomic E-state index is 13.9. The van der Waals surface area contributed by atoms with E-state index in [0.717, 1.165) is 5.56 Å². The number of rotatable bonds is 4. The number of hydrogen-bond donors (Lipinski definition) is 1. The lowest BCUT2D eigenvalue weighted by molar-refractivity contribution is 0.592. The van der Waals surface area contributed by atoms with Crippen LogP contribution in [0.15, 0.2) is 52.3 Å². The van der Waals surface area contributed by atoms with Crippen LogP contribution in [-0.4, -0.2) is 6.04 Å². The Kier molecular flexibility index (Phi) is 4.56. The fourth-order valence-electron chi connectivity index (χ4n) is 1.82. The molecule has 4 heteroatoms. The maximum atomic E-state index is 13.9. The molecule has 0 aromatic heterocycles. The van der Waals surface area contributed by atoms with E-state index in [0.29, 0.717) is 16.2 Å². The van der Waals surface area contributed by atoms with Gasteiger partial charge < -0.3 is 5.73 Å². The molecule has 100 valence electrons. The highest BCUT2D eigenvalue weighted by Gasteiger charge is 2.11. The predicted molar refractivity (Wildman–Crippen MR) is 74.3 cm³/mol. The highest BCUT2D eigenvalue weighted by atomic mass is 32.2. The van der Waals surface area contributed by atoms with Gasteiger partial charge in [0.05, 0.1) is 4.90 Å². The van der Waals surface area contributed by atoms with Crippen molar-refractivity contribution in [3.8, 4) is 0 Å². The van der Waals surface area contributed by atoms with Crippen molar-refractivity contribution < 1.29 is 8.78 Å². The molecule has 2 rings (SSSR count). The van der Waals surface area contributed by atoms with Gasteiger partial charge in [-0.25, -0.2) is 8.78 Å². The van der Waals surface area contributed by atoms with Gasteiger partial charge in [-0.3, -0.25) is 0 Å². The zero-order valence-corrected chi connectivity index (χ0v) is 11.4. The van der Waals surface area contributed by atoms with E-state index in [9.17, 15) is 8.78 Å². The number of halogens is 2. The Labute approximate surface area is 115 Å². The lowest BCUT2D eigenvalue weighted by Gasteiger charge is -2.12. The summed E-state index contributed by atoms with van der Waals surface area (Å²) < 4.78 is 27.1. The molecule has 0 fully saturated rings. The smallest absolute Gasteiger partial charge is 0.137 e. The second kappa shape index (κ2) is 6.17. The Morgan fingerprint density at radius 3 is 2.58 bits per heavy atom. The molecule has 0 heterocycles. The van der Waals surface area contributed by atoms with Crippen LogP contribution in [0.25, 0.3) is 0 Å². The van der Waals surface area contributed by atoms with Crippen LogP contribution >= 0.6 is 11.8 Å². The van der Waals surface area contributed by atoms with Crippen molar-refractivity contribution in [1.29, 1.82) is 0 Å². The highest BCUT2D eigenvalue weighted by Crippen LogP contribution is 2.33. The van der Waals surface area contributed by atoms with Crippen molar-refractivity contribution >= 4 is 11.8 Å². The maximum Gasteiger partial charge on any atom is 0.137 e. The first kappa shape index (κ1) is 14.0. The van der Waals surface area contributed by atoms with E-state index in [1.54, 1.807) is 18.2 Å². The molecule has 2 aromatic carbocycles. The summed E-state index contributed by atoms with van der Waals surface area (Å²) in [7, 11) is 0. The van der Waals surface area contributed by atoms with E-state index in [1.807, 2.05) is 13.0 Å². The van der Waals surface area contributed by atoms with E-state index in [1.165, 1.54) is 30.0 Å². The topological polar surface area (TPSA) is 26.0 Å².